The smallest absolute Gasteiger partial charge is 0.0568 e. The van der Waals surface area contributed by atoms with E-state index in [1.54, 1.807) is 0 Å². The van der Waals surface area contributed by atoms with E-state index in [1.807, 2.05) is 0 Å². The summed E-state index contributed by atoms with van der Waals surface area (Å²) in [6.45, 7) is 0. The van der Waals surface area contributed by atoms with E-state index in [0.29, 0.717) is 0 Å². The Morgan fingerprint density at radius 2 is 0.547 bits per heavy atom. The third-order valence-electron chi connectivity index (χ3n) is 15.6. The van der Waals surface area contributed by atoms with E-state index in [9.17, 15) is 0 Å². The van der Waals surface area contributed by atoms with Crippen molar-refractivity contribution in [1.29, 1.82) is 0 Å². The van der Waals surface area contributed by atoms with E-state index in [0.717, 1.165) is 73.0 Å². The summed E-state index contributed by atoms with van der Waals surface area (Å²) < 4.78 is 7.30. The minimum atomic E-state index is 1.07. The number of nitrogens with zero attached hydrogens (tertiary/aromatic N) is 5. The maximum atomic E-state index is 2.44. The molecule has 0 radical (unpaired) electrons. The molecule has 0 bridgehead atoms. The Balaban J connectivity index is 0.940. The van der Waals surface area contributed by atoms with E-state index in [2.05, 4.69) is 296 Å². The molecule has 0 atom stereocenters. The van der Waals surface area contributed by atoms with Crippen molar-refractivity contribution in [2.24, 2.45) is 0 Å². The molecule has 0 saturated heterocycles. The van der Waals surface area contributed by atoms with Crippen LogP contribution in [0.25, 0.3) is 104 Å². The van der Waals surface area contributed by atoms with Gasteiger partial charge in [-0.25, -0.2) is 0 Å². The second-order valence-electron chi connectivity index (χ2n) is 19.8. The molecule has 0 N–H and O–H groups in total. The highest BCUT2D eigenvalue weighted by molar-refractivity contribution is 6.26. The summed E-state index contributed by atoms with van der Waals surface area (Å²) in [7, 11) is 0. The molecule has 5 heteroatoms. The maximum absolute atomic E-state index is 2.44. The Kier molecular flexibility index (Phi) is 8.97. The van der Waals surface area contributed by atoms with Crippen LogP contribution in [0.15, 0.2) is 273 Å². The molecule has 3 heterocycles. The lowest BCUT2D eigenvalue weighted by atomic mass is 10.0. The average molecular weight is 956 g/mol. The number of hydrogen-bond acceptors (Lipinski definition) is 2. The first kappa shape index (κ1) is 41.5. The Morgan fingerprint density at radius 3 is 0.947 bits per heavy atom. The number of benzene rings is 13. The van der Waals surface area contributed by atoms with Crippen molar-refractivity contribution >= 4 is 121 Å². The molecule has 13 aromatic carbocycles. The molecule has 0 aliphatic carbocycles. The van der Waals surface area contributed by atoms with Crippen LogP contribution in [0.5, 0.6) is 0 Å². The van der Waals surface area contributed by atoms with Crippen LogP contribution in [-0.2, 0) is 0 Å². The molecule has 0 fully saturated rings. The fraction of sp³-hybridized carbons (Fsp3) is 0. The van der Waals surface area contributed by atoms with Crippen molar-refractivity contribution in [2.45, 2.75) is 0 Å². The quantitative estimate of drug-likeness (QED) is 0.134. The normalized spacial score (nSPS) is 12.0. The fourth-order valence-electron chi connectivity index (χ4n) is 12.5. The van der Waals surface area contributed by atoms with Gasteiger partial charge >= 0.3 is 0 Å². The van der Waals surface area contributed by atoms with Gasteiger partial charge in [-0.2, -0.15) is 0 Å². The standard InChI is InChI=1S/C70H45N5/c1-6-20-50(21-7-1)71(57-40-48-34-32-46-18-16-30-63-67(46)69(48)65(44-57)74(63)53-26-12-4-13-27-53)55-36-38-61-59(42-55)60-43-56(37-39-62(60)73(61)52-24-10-3-11-25-52)72(51-22-8-2-9-23-51)58-41-49-35-33-47-19-17-31-64-68(47)70(49)66(45-58)75(64)54-28-14-5-15-29-54/h1-45H. The molecule has 75 heavy (non-hydrogen) atoms. The van der Waals surface area contributed by atoms with Crippen molar-refractivity contribution in [3.05, 3.63) is 273 Å². The Bertz CT molecular complexity index is 4520. The van der Waals surface area contributed by atoms with Gasteiger partial charge in [0.25, 0.3) is 0 Å². The third kappa shape index (κ3) is 6.25. The first-order valence-electron chi connectivity index (χ1n) is 25.8. The predicted octanol–water partition coefficient (Wildman–Crippen LogP) is 19.1. The second kappa shape index (κ2) is 16.2. The lowest BCUT2D eigenvalue weighted by Gasteiger charge is -2.27. The van der Waals surface area contributed by atoms with Crippen LogP contribution in [0.4, 0.5) is 34.1 Å². The van der Waals surface area contributed by atoms with E-state index in [4.69, 9.17) is 0 Å². The third-order valence-corrected chi connectivity index (χ3v) is 15.6. The van der Waals surface area contributed by atoms with Crippen molar-refractivity contribution in [3.63, 3.8) is 0 Å². The molecular formula is C70H45N5. The minimum Gasteiger partial charge on any atom is -0.310 e. The highest BCUT2D eigenvalue weighted by Gasteiger charge is 2.25. The highest BCUT2D eigenvalue weighted by Crippen LogP contribution is 2.48. The zero-order valence-electron chi connectivity index (χ0n) is 40.7. The second-order valence-corrected chi connectivity index (χ2v) is 19.8. The van der Waals surface area contributed by atoms with E-state index in [1.165, 1.54) is 65.2 Å². The Morgan fingerprint density at radius 1 is 0.200 bits per heavy atom. The largest absolute Gasteiger partial charge is 0.310 e. The van der Waals surface area contributed by atoms with Crippen LogP contribution < -0.4 is 9.80 Å². The predicted molar refractivity (Wildman–Crippen MR) is 316 cm³/mol. The van der Waals surface area contributed by atoms with Gasteiger partial charge in [0, 0.05) is 83.5 Å². The molecule has 0 amide bonds. The first-order chi connectivity index (χ1) is 37.2. The monoisotopic (exact) mass is 955 g/mol. The van der Waals surface area contributed by atoms with Gasteiger partial charge in [-0.3, -0.25) is 0 Å². The maximum Gasteiger partial charge on any atom is 0.0568 e. The summed E-state index contributed by atoms with van der Waals surface area (Å²) in [6.07, 6.45) is 0. The number of anilines is 6. The van der Waals surface area contributed by atoms with Crippen LogP contribution in [0.1, 0.15) is 0 Å². The molecule has 0 spiro atoms. The summed E-state index contributed by atoms with van der Waals surface area (Å²) in [6, 6.07) is 100. The number of para-hydroxylation sites is 5. The zero-order valence-corrected chi connectivity index (χ0v) is 40.7. The molecule has 5 nitrogen and oxygen atoms in total. The molecule has 0 aliphatic rings. The number of fused-ring (bicyclic) bond motifs is 3. The van der Waals surface area contributed by atoms with Gasteiger partial charge in [0.2, 0.25) is 0 Å². The van der Waals surface area contributed by atoms with Crippen LogP contribution in [0.3, 0.4) is 0 Å². The van der Waals surface area contributed by atoms with Gasteiger partial charge in [-0.05, 0) is 155 Å². The summed E-state index contributed by atoms with van der Waals surface area (Å²) in [5, 5.41) is 12.4. The van der Waals surface area contributed by atoms with Gasteiger partial charge < -0.3 is 23.5 Å². The summed E-state index contributed by atoms with van der Waals surface area (Å²) >= 11 is 0. The van der Waals surface area contributed by atoms with Crippen LogP contribution >= 0.6 is 0 Å². The molecule has 0 aliphatic heterocycles. The van der Waals surface area contributed by atoms with Gasteiger partial charge in [0.05, 0.1) is 33.1 Å². The molecule has 350 valence electrons. The average Bonchev–Trinajstić information content (AvgIpc) is 4.20. The lowest BCUT2D eigenvalue weighted by Crippen LogP contribution is -2.10. The van der Waals surface area contributed by atoms with Gasteiger partial charge in [0.1, 0.15) is 0 Å². The number of rotatable bonds is 9. The lowest BCUT2D eigenvalue weighted by molar-refractivity contribution is 1.17. The Hall–Kier alpha value is -10.1. The zero-order chi connectivity index (χ0) is 49.1. The summed E-state index contributed by atoms with van der Waals surface area (Å²) in [5.74, 6) is 0. The van der Waals surface area contributed by atoms with E-state index in [-0.39, 0.29) is 0 Å². The highest BCUT2D eigenvalue weighted by atomic mass is 15.2. The molecule has 0 unspecified atom stereocenters. The molecule has 16 rings (SSSR count). The van der Waals surface area contributed by atoms with Crippen molar-refractivity contribution in [2.75, 3.05) is 9.80 Å². The molecule has 3 aromatic heterocycles. The van der Waals surface area contributed by atoms with E-state index >= 15 is 0 Å². The summed E-state index contributed by atoms with van der Waals surface area (Å²) in [4.78, 5) is 4.87. The molecule has 0 saturated carbocycles. The molecule has 16 aromatic rings. The summed E-state index contributed by atoms with van der Waals surface area (Å²) in [5.41, 5.74) is 17.0. The Labute approximate surface area is 432 Å². The minimum absolute atomic E-state index is 1.07. The number of hydrogen-bond donors (Lipinski definition) is 0. The van der Waals surface area contributed by atoms with Crippen molar-refractivity contribution in [3.8, 4) is 17.1 Å². The topological polar surface area (TPSA) is 21.3 Å². The number of aromatic nitrogens is 3. The van der Waals surface area contributed by atoms with Gasteiger partial charge in [-0.1, -0.05) is 140 Å². The van der Waals surface area contributed by atoms with Crippen LogP contribution in [0.2, 0.25) is 0 Å². The fourth-order valence-corrected chi connectivity index (χ4v) is 12.5. The van der Waals surface area contributed by atoms with Gasteiger partial charge in [0.15, 0.2) is 0 Å². The molecular weight excluding hydrogens is 911 g/mol. The van der Waals surface area contributed by atoms with E-state index < -0.39 is 0 Å². The van der Waals surface area contributed by atoms with Crippen molar-refractivity contribution < 1.29 is 0 Å². The van der Waals surface area contributed by atoms with Gasteiger partial charge in [-0.15, -0.1) is 0 Å². The van der Waals surface area contributed by atoms with Crippen LogP contribution in [-0.4, -0.2) is 13.7 Å². The SMILES string of the molecule is c1ccc(N(c2ccc3c(c2)c2cc(N(c4ccccc4)c4cc5ccc6cccc7c6c5c(c4)n7-c4ccccc4)ccc2n3-c2ccccc2)c2cc3ccc4cccc5c4c3c(c2)n5-c2ccccc2)cc1. The van der Waals surface area contributed by atoms with Crippen molar-refractivity contribution in [1.82, 2.24) is 13.7 Å². The van der Waals surface area contributed by atoms with Crippen LogP contribution in [0, 0.1) is 0 Å². The first-order valence-corrected chi connectivity index (χ1v) is 25.8.